The molecule has 30 heavy (non-hydrogen) atoms. The Kier molecular flexibility index (Phi) is 8.70. The van der Waals surface area contributed by atoms with Crippen LogP contribution in [0.15, 0.2) is 41.4 Å². The van der Waals surface area contributed by atoms with Gasteiger partial charge in [0.2, 0.25) is 0 Å². The van der Waals surface area contributed by atoms with Crippen LogP contribution in [0.5, 0.6) is 0 Å². The van der Waals surface area contributed by atoms with Gasteiger partial charge in [-0.15, -0.1) is 8.80 Å². The molecule has 166 valence electrons. The zero-order chi connectivity index (χ0) is 22.3. The molecular weight excluding hydrogens is 450 g/mol. The zero-order valence-electron chi connectivity index (χ0n) is 17.1. The molecule has 10 nitrogen and oxygen atoms in total. The fourth-order valence-electron chi connectivity index (χ4n) is 2.44. The normalized spacial score (nSPS) is 17.5. The smallest absolute Gasteiger partial charge is 0.269 e. The number of furan rings is 1. The zero-order valence-corrected chi connectivity index (χ0v) is 19.5. The molecule has 0 fully saturated rings. The fourth-order valence-corrected chi connectivity index (χ4v) is 5.46. The summed E-state index contributed by atoms with van der Waals surface area (Å²) in [6.45, 7) is 8.17. The second-order valence-corrected chi connectivity index (χ2v) is 9.96. The highest BCUT2D eigenvalue weighted by Crippen LogP contribution is 2.25. The van der Waals surface area contributed by atoms with Crippen molar-refractivity contribution in [2.45, 2.75) is 34.2 Å². The summed E-state index contributed by atoms with van der Waals surface area (Å²) in [6, 6.07) is 1.90. The molecule has 2 heterocycles. The summed E-state index contributed by atoms with van der Waals surface area (Å²) in [5.41, 5.74) is 1.03. The first kappa shape index (κ1) is 24.2. The summed E-state index contributed by atoms with van der Waals surface area (Å²) in [6.07, 6.45) is 1.98. The van der Waals surface area contributed by atoms with Gasteiger partial charge in [-0.1, -0.05) is 25.6 Å². The van der Waals surface area contributed by atoms with Crippen molar-refractivity contribution in [3.8, 4) is 0 Å². The summed E-state index contributed by atoms with van der Waals surface area (Å²) in [5.74, 6) is 2.06. The quantitative estimate of drug-likeness (QED) is 0.462. The van der Waals surface area contributed by atoms with Crippen LogP contribution in [0.25, 0.3) is 0 Å². The van der Waals surface area contributed by atoms with Gasteiger partial charge in [0.1, 0.15) is 17.8 Å². The number of hydrogen-bond acceptors (Lipinski definition) is 8. The summed E-state index contributed by atoms with van der Waals surface area (Å²) in [4.78, 5) is 0. The second-order valence-electron chi connectivity index (χ2n) is 6.02. The number of aryl methyl sites for hydroxylation is 2. The molecular formula is C17H25N5O5S3. The number of aliphatic hydroxyl groups excluding tert-OH is 1. The van der Waals surface area contributed by atoms with Crippen molar-refractivity contribution >= 4 is 44.6 Å². The minimum absolute atomic E-state index is 0.211. The number of nitrogens with zero attached hydrogens (tertiary/aromatic N) is 3. The van der Waals surface area contributed by atoms with Crippen molar-refractivity contribution in [2.24, 2.45) is 8.80 Å². The van der Waals surface area contributed by atoms with Crippen LogP contribution < -0.4 is 10.6 Å². The van der Waals surface area contributed by atoms with Crippen molar-refractivity contribution in [3.63, 3.8) is 0 Å². The number of thioether (sulfide) groups is 1. The van der Waals surface area contributed by atoms with Crippen molar-refractivity contribution < 1.29 is 22.2 Å². The van der Waals surface area contributed by atoms with Crippen LogP contribution in [0.1, 0.15) is 30.9 Å². The third-order valence-corrected chi connectivity index (χ3v) is 8.11. The Morgan fingerprint density at radius 2 is 1.97 bits per heavy atom. The van der Waals surface area contributed by atoms with Gasteiger partial charge in [0.05, 0.1) is 6.54 Å². The molecule has 1 aromatic heterocycles. The maximum absolute atomic E-state index is 12.4. The van der Waals surface area contributed by atoms with Crippen LogP contribution in [0.2, 0.25) is 0 Å². The van der Waals surface area contributed by atoms with E-state index < -0.39 is 21.2 Å². The third-order valence-electron chi connectivity index (χ3n) is 4.09. The highest BCUT2D eigenvalue weighted by atomic mass is 32.3. The van der Waals surface area contributed by atoms with E-state index in [2.05, 4.69) is 19.4 Å². The molecule has 0 amide bonds. The lowest BCUT2D eigenvalue weighted by molar-refractivity contribution is 0.446. The highest BCUT2D eigenvalue weighted by Gasteiger charge is 2.24. The molecule has 0 saturated carbocycles. The van der Waals surface area contributed by atoms with Crippen LogP contribution in [-0.4, -0.2) is 46.8 Å². The number of sulfonamides is 1. The monoisotopic (exact) mass is 475 g/mol. The Bertz CT molecular complexity index is 987. The average molecular weight is 476 g/mol. The lowest BCUT2D eigenvalue weighted by Gasteiger charge is -2.18. The molecule has 1 atom stereocenters. The number of hydrogen-bond donors (Lipinski definition) is 3. The maximum atomic E-state index is 12.4. The van der Waals surface area contributed by atoms with Gasteiger partial charge in [0, 0.05) is 19.3 Å². The van der Waals surface area contributed by atoms with E-state index in [9.17, 15) is 17.7 Å². The van der Waals surface area contributed by atoms with Gasteiger partial charge in [-0.3, -0.25) is 0 Å². The lowest BCUT2D eigenvalue weighted by Crippen LogP contribution is -2.35. The molecule has 2 rings (SSSR count). The Morgan fingerprint density at radius 1 is 1.30 bits per heavy atom. The highest BCUT2D eigenvalue weighted by molar-refractivity contribution is 8.19. The minimum Gasteiger partial charge on any atom is -0.514 e. The molecule has 0 spiro atoms. The molecule has 1 aliphatic heterocycles. The molecule has 0 radical (unpaired) electrons. The van der Waals surface area contributed by atoms with E-state index >= 15 is 0 Å². The first-order valence-corrected chi connectivity index (χ1v) is 12.4. The Hall–Kier alpha value is -2.09. The van der Waals surface area contributed by atoms with E-state index in [1.807, 2.05) is 19.9 Å². The maximum Gasteiger partial charge on any atom is 0.269 e. The van der Waals surface area contributed by atoms with Gasteiger partial charge < -0.3 is 20.2 Å². The second kappa shape index (κ2) is 10.8. The van der Waals surface area contributed by atoms with E-state index in [0.29, 0.717) is 37.5 Å². The largest absolute Gasteiger partial charge is 0.514 e. The molecule has 0 bridgehead atoms. The standard InChI is InChI=1S/C17H25N5O5S3/c1-5-22(6-2)30(25,26)15(11-23)28-8-7-18-16-17(21-29(24)20-16)19-10-14-9-12(3)13(4)27-14/h7-9,11,23H,5-6,10H2,1-4H3,(H,18,20)(H,19,21)/b8-7+,15-11-. The van der Waals surface area contributed by atoms with Gasteiger partial charge in [0.15, 0.2) is 15.9 Å². The molecule has 3 N–H and O–H groups in total. The van der Waals surface area contributed by atoms with Gasteiger partial charge in [-0.25, -0.2) is 12.6 Å². The van der Waals surface area contributed by atoms with Gasteiger partial charge in [-0.05, 0) is 30.9 Å². The van der Waals surface area contributed by atoms with Crippen LogP contribution in [0, 0.1) is 13.8 Å². The molecule has 1 aliphatic rings. The number of aliphatic hydroxyl groups is 1. The first-order valence-electron chi connectivity index (χ1n) is 9.05. The predicted molar refractivity (Wildman–Crippen MR) is 120 cm³/mol. The number of amidine groups is 2. The summed E-state index contributed by atoms with van der Waals surface area (Å²) in [5, 5.41) is 16.6. The van der Waals surface area contributed by atoms with E-state index in [0.717, 1.165) is 23.1 Å². The van der Waals surface area contributed by atoms with Crippen LogP contribution >= 0.6 is 11.8 Å². The Morgan fingerprint density at radius 3 is 2.53 bits per heavy atom. The van der Waals surface area contributed by atoms with Crippen molar-refractivity contribution in [2.75, 3.05) is 13.1 Å². The number of rotatable bonds is 9. The Labute approximate surface area is 183 Å². The predicted octanol–water partition coefficient (Wildman–Crippen LogP) is 2.20. The third kappa shape index (κ3) is 5.97. The fraction of sp³-hybridized carbons (Fsp3) is 0.412. The average Bonchev–Trinajstić information content (AvgIpc) is 3.21. The van der Waals surface area contributed by atoms with Crippen LogP contribution in [0.4, 0.5) is 0 Å². The van der Waals surface area contributed by atoms with Gasteiger partial charge in [-0.2, -0.15) is 4.31 Å². The van der Waals surface area contributed by atoms with Gasteiger partial charge in [0.25, 0.3) is 21.2 Å². The van der Waals surface area contributed by atoms with Crippen molar-refractivity contribution in [1.29, 1.82) is 0 Å². The SMILES string of the molecule is CCN(CC)S(=O)(=O)/C(=C\O)S/C=C/NC1=NS(=O)N=C1NCc1cc(C)c(C)o1. The summed E-state index contributed by atoms with van der Waals surface area (Å²) in [7, 11) is -3.77. The Balaban J connectivity index is 1.96. The van der Waals surface area contributed by atoms with E-state index in [1.165, 1.54) is 15.9 Å². The van der Waals surface area contributed by atoms with E-state index in [1.54, 1.807) is 13.8 Å². The van der Waals surface area contributed by atoms with Gasteiger partial charge >= 0.3 is 0 Å². The van der Waals surface area contributed by atoms with E-state index in [-0.39, 0.29) is 10.1 Å². The lowest BCUT2D eigenvalue weighted by atomic mass is 10.3. The molecule has 0 aliphatic carbocycles. The van der Waals surface area contributed by atoms with E-state index in [4.69, 9.17) is 4.42 Å². The van der Waals surface area contributed by atoms with Crippen molar-refractivity contribution in [1.82, 2.24) is 14.9 Å². The van der Waals surface area contributed by atoms with Crippen LogP contribution in [-0.2, 0) is 27.7 Å². The summed E-state index contributed by atoms with van der Waals surface area (Å²) >= 11 is -0.933. The van der Waals surface area contributed by atoms with Crippen molar-refractivity contribution in [3.05, 3.63) is 45.3 Å². The minimum atomic E-state index is -3.77. The first-order chi connectivity index (χ1) is 14.2. The number of nitrogens with one attached hydrogen (secondary N) is 2. The van der Waals surface area contributed by atoms with Crippen LogP contribution in [0.3, 0.4) is 0 Å². The molecule has 1 unspecified atom stereocenters. The summed E-state index contributed by atoms with van der Waals surface area (Å²) < 4.78 is 50.9. The topological polar surface area (TPSA) is 137 Å². The molecule has 0 saturated heterocycles. The molecule has 1 aromatic rings. The molecule has 13 heteroatoms. The molecule has 0 aromatic carbocycles.